The summed E-state index contributed by atoms with van der Waals surface area (Å²) in [5.74, 6) is 0. The molecule has 0 saturated heterocycles. The van der Waals surface area contributed by atoms with Gasteiger partial charge < -0.3 is 6.74 Å². The van der Waals surface area contributed by atoms with Gasteiger partial charge in [0.1, 0.15) is 0 Å². The molecule has 96 valence electrons. The van der Waals surface area contributed by atoms with Gasteiger partial charge in [-0.1, -0.05) is 30.3 Å². The molecule has 4 nitrogen and oxygen atoms in total. The van der Waals surface area contributed by atoms with Crippen LogP contribution in [0.25, 0.3) is 0 Å². The second kappa shape index (κ2) is 7.54. The summed E-state index contributed by atoms with van der Waals surface area (Å²) in [6.07, 6.45) is 0. The second-order valence-electron chi connectivity index (χ2n) is 3.84. The number of hydrogen-bond acceptors (Lipinski definition) is 3. The predicted octanol–water partition coefficient (Wildman–Crippen LogP) is -0.338. The monoisotopic (exact) mass is 303 g/mol. The van der Waals surface area contributed by atoms with Crippen LogP contribution >= 0.6 is 0 Å². The Kier molecular flexibility index (Phi) is 6.68. The van der Waals surface area contributed by atoms with Crippen molar-refractivity contribution in [1.82, 2.24) is 0 Å². The molecule has 2 aromatic carbocycles. The summed E-state index contributed by atoms with van der Waals surface area (Å²) in [5.41, 5.74) is 1.93. The van der Waals surface area contributed by atoms with Crippen LogP contribution in [0.4, 0.5) is 5.69 Å². The molecule has 0 fully saturated rings. The average Bonchev–Trinajstić information content (AvgIpc) is 2.37. The Morgan fingerprint density at radius 3 is 2.11 bits per heavy atom. The molecule has 2 aromatic rings. The maximum absolute atomic E-state index is 10.9. The van der Waals surface area contributed by atoms with E-state index in [1.54, 1.807) is 12.1 Å². The van der Waals surface area contributed by atoms with Crippen molar-refractivity contribution in [3.05, 3.63) is 60.2 Å². The maximum Gasteiger partial charge on any atom is 1.00 e. The Balaban J connectivity index is 0.00000180. The van der Waals surface area contributed by atoms with E-state index >= 15 is 0 Å². The van der Waals surface area contributed by atoms with E-state index in [0.29, 0.717) is 6.54 Å². The van der Waals surface area contributed by atoms with Crippen molar-refractivity contribution < 1.29 is 65.8 Å². The first kappa shape index (κ1) is 16.8. The van der Waals surface area contributed by atoms with Crippen molar-refractivity contribution in [2.75, 3.05) is 5.32 Å². The smallest absolute Gasteiger partial charge is 1.00 e. The summed E-state index contributed by atoms with van der Waals surface area (Å²) >= 11 is 0. The van der Waals surface area contributed by atoms with Gasteiger partial charge >= 0.3 is 51.4 Å². The van der Waals surface area contributed by atoms with Crippen molar-refractivity contribution >= 4 is 15.8 Å². The molecule has 0 atom stereocenters. The molecule has 19 heavy (non-hydrogen) atoms. The first-order valence-electron chi connectivity index (χ1n) is 5.41. The number of nitrogens with one attached hydrogen (secondary N) is 1. The molecule has 0 spiro atoms. The van der Waals surface area contributed by atoms with Gasteiger partial charge in [0, 0.05) is 12.2 Å². The van der Waals surface area contributed by atoms with E-state index in [-0.39, 0.29) is 57.7 Å². The Morgan fingerprint density at radius 1 is 1.00 bits per heavy atom. The molecule has 0 heterocycles. The minimum Gasteiger partial charge on any atom is -1.00 e. The van der Waals surface area contributed by atoms with Gasteiger partial charge in [0.15, 0.2) is 0 Å². The SMILES string of the molecule is O=S(=O)(O)c1ccc(NCc2ccccc2)cc1.[H-].[K+]. The van der Waals surface area contributed by atoms with Crippen LogP contribution in [0.2, 0.25) is 0 Å². The fourth-order valence-corrected chi connectivity index (χ4v) is 2.02. The number of rotatable bonds is 4. The first-order chi connectivity index (χ1) is 8.55. The summed E-state index contributed by atoms with van der Waals surface area (Å²) in [6.45, 7) is 0.659. The van der Waals surface area contributed by atoms with Gasteiger partial charge in [0.05, 0.1) is 4.90 Å². The molecule has 0 bridgehead atoms. The Labute approximate surface area is 156 Å². The molecular formula is C13H14KNO3S. The van der Waals surface area contributed by atoms with Gasteiger partial charge in [-0.15, -0.1) is 0 Å². The third-order valence-corrected chi connectivity index (χ3v) is 3.36. The van der Waals surface area contributed by atoms with E-state index in [4.69, 9.17) is 4.55 Å². The summed E-state index contributed by atoms with van der Waals surface area (Å²) < 4.78 is 30.6. The minimum atomic E-state index is -4.11. The van der Waals surface area contributed by atoms with Gasteiger partial charge in [-0.05, 0) is 29.8 Å². The van der Waals surface area contributed by atoms with Crippen LogP contribution in [-0.4, -0.2) is 13.0 Å². The van der Waals surface area contributed by atoms with E-state index in [0.717, 1.165) is 11.3 Å². The third-order valence-electron chi connectivity index (χ3n) is 2.49. The van der Waals surface area contributed by atoms with Gasteiger partial charge in [-0.2, -0.15) is 8.42 Å². The van der Waals surface area contributed by atoms with Crippen molar-refractivity contribution in [2.45, 2.75) is 11.4 Å². The van der Waals surface area contributed by atoms with Gasteiger partial charge in [-0.25, -0.2) is 0 Å². The third kappa shape index (κ3) is 5.35. The van der Waals surface area contributed by atoms with E-state index in [2.05, 4.69) is 5.32 Å². The molecule has 0 aliphatic rings. The van der Waals surface area contributed by atoms with E-state index in [9.17, 15) is 8.42 Å². The zero-order valence-corrected chi connectivity index (χ0v) is 14.5. The number of benzene rings is 2. The van der Waals surface area contributed by atoms with Crippen LogP contribution in [0, 0.1) is 0 Å². The molecule has 0 saturated carbocycles. The Morgan fingerprint density at radius 2 is 1.58 bits per heavy atom. The summed E-state index contributed by atoms with van der Waals surface area (Å²) in [4.78, 5) is -0.104. The normalized spacial score (nSPS) is 10.6. The molecule has 0 aliphatic carbocycles. The number of anilines is 1. The maximum atomic E-state index is 10.9. The zero-order chi connectivity index (χ0) is 13.0. The molecule has 0 unspecified atom stereocenters. The topological polar surface area (TPSA) is 66.4 Å². The Bertz CT molecular complexity index is 618. The van der Waals surface area contributed by atoms with Crippen molar-refractivity contribution in [3.63, 3.8) is 0 Å². The minimum absolute atomic E-state index is 0. The second-order valence-corrected chi connectivity index (χ2v) is 5.26. The van der Waals surface area contributed by atoms with E-state index in [1.807, 2.05) is 30.3 Å². The largest absolute Gasteiger partial charge is 1.00 e. The molecular weight excluding hydrogens is 289 g/mol. The van der Waals surface area contributed by atoms with E-state index < -0.39 is 10.1 Å². The summed E-state index contributed by atoms with van der Waals surface area (Å²) in [6, 6.07) is 15.8. The van der Waals surface area contributed by atoms with Crippen molar-refractivity contribution in [3.8, 4) is 0 Å². The molecule has 0 aromatic heterocycles. The summed E-state index contributed by atoms with van der Waals surface area (Å²) in [5, 5.41) is 3.16. The van der Waals surface area contributed by atoms with Gasteiger partial charge in [-0.3, -0.25) is 4.55 Å². The van der Waals surface area contributed by atoms with Crippen LogP contribution in [0.1, 0.15) is 6.99 Å². The zero-order valence-electron chi connectivity index (χ0n) is 11.6. The molecule has 0 aliphatic heterocycles. The van der Waals surface area contributed by atoms with Crippen LogP contribution in [0.15, 0.2) is 59.5 Å². The molecule has 0 radical (unpaired) electrons. The standard InChI is InChI=1S/C13H13NO3S.K.H/c15-18(16,17)13-8-6-12(7-9-13)14-10-11-4-2-1-3-5-11;;/h1-9,14H,10H2,(H,15,16,17);;/q;+1;-1. The molecule has 2 N–H and O–H groups in total. The number of hydrogen-bond donors (Lipinski definition) is 2. The van der Waals surface area contributed by atoms with Crippen LogP contribution in [-0.2, 0) is 16.7 Å². The quantitative estimate of drug-likeness (QED) is 0.599. The van der Waals surface area contributed by atoms with Crippen molar-refractivity contribution in [2.24, 2.45) is 0 Å². The molecule has 6 heteroatoms. The average molecular weight is 303 g/mol. The van der Waals surface area contributed by atoms with E-state index in [1.165, 1.54) is 12.1 Å². The van der Waals surface area contributed by atoms with Crippen LogP contribution in [0.5, 0.6) is 0 Å². The molecule has 2 rings (SSSR count). The first-order valence-corrected chi connectivity index (χ1v) is 6.85. The molecule has 0 amide bonds. The van der Waals surface area contributed by atoms with Crippen LogP contribution < -0.4 is 56.7 Å². The van der Waals surface area contributed by atoms with Gasteiger partial charge in [0.2, 0.25) is 0 Å². The van der Waals surface area contributed by atoms with Gasteiger partial charge in [0.25, 0.3) is 10.1 Å². The van der Waals surface area contributed by atoms with Crippen molar-refractivity contribution in [1.29, 1.82) is 0 Å². The fraction of sp³-hybridized carbons (Fsp3) is 0.0769. The van der Waals surface area contributed by atoms with Crippen LogP contribution in [0.3, 0.4) is 0 Å². The fourth-order valence-electron chi connectivity index (χ4n) is 1.54. The predicted molar refractivity (Wildman–Crippen MR) is 71.1 cm³/mol. The Hall–Kier alpha value is -0.214. The summed E-state index contributed by atoms with van der Waals surface area (Å²) in [7, 11) is -4.11.